The number of dihydropyridines is 1. The maximum atomic E-state index is 10.8. The number of aliphatic imine (C=N–C) groups is 1. The summed E-state index contributed by atoms with van der Waals surface area (Å²) in [5.74, 6) is 0.305. The van der Waals surface area contributed by atoms with Crippen molar-refractivity contribution in [3.05, 3.63) is 11.8 Å². The van der Waals surface area contributed by atoms with Crippen molar-refractivity contribution in [2.75, 3.05) is 12.8 Å². The van der Waals surface area contributed by atoms with Gasteiger partial charge in [0, 0.05) is 12.8 Å². The number of sulfonamides is 1. The SMILES string of the molecule is CC1C=C(NS(C)(=O)=O)C=NC1. The second kappa shape index (κ2) is 3.26. The van der Waals surface area contributed by atoms with E-state index in [1.54, 1.807) is 6.21 Å². The molecule has 5 heteroatoms. The molecule has 0 saturated carbocycles. The minimum atomic E-state index is -3.16. The molecule has 4 nitrogen and oxygen atoms in total. The molecule has 1 N–H and O–H groups in total. The lowest BCUT2D eigenvalue weighted by molar-refractivity contribution is 0.595. The highest BCUT2D eigenvalue weighted by Crippen LogP contribution is 2.06. The van der Waals surface area contributed by atoms with Gasteiger partial charge in [-0.2, -0.15) is 0 Å². The molecular weight excluding hydrogens is 176 g/mol. The maximum Gasteiger partial charge on any atom is 0.229 e. The van der Waals surface area contributed by atoms with Crippen LogP contribution in [0.3, 0.4) is 0 Å². The summed E-state index contributed by atoms with van der Waals surface area (Å²) in [4.78, 5) is 4.00. The van der Waals surface area contributed by atoms with Crippen LogP contribution in [0, 0.1) is 5.92 Å². The van der Waals surface area contributed by atoms with Crippen LogP contribution in [0.2, 0.25) is 0 Å². The van der Waals surface area contributed by atoms with Gasteiger partial charge in [-0.05, 0) is 5.92 Å². The Morgan fingerprint density at radius 2 is 2.33 bits per heavy atom. The van der Waals surface area contributed by atoms with Gasteiger partial charge >= 0.3 is 0 Å². The lowest BCUT2D eigenvalue weighted by atomic mass is 10.1. The molecule has 0 aliphatic carbocycles. The zero-order valence-electron chi connectivity index (χ0n) is 7.11. The molecule has 0 aromatic carbocycles. The van der Waals surface area contributed by atoms with E-state index in [-0.39, 0.29) is 0 Å². The number of allylic oxidation sites excluding steroid dienone is 1. The summed E-state index contributed by atoms with van der Waals surface area (Å²) in [7, 11) is -3.16. The fraction of sp³-hybridized carbons (Fsp3) is 0.571. The van der Waals surface area contributed by atoms with E-state index in [2.05, 4.69) is 9.71 Å². The van der Waals surface area contributed by atoms with Crippen molar-refractivity contribution in [1.29, 1.82) is 0 Å². The first-order chi connectivity index (χ1) is 5.47. The zero-order valence-corrected chi connectivity index (χ0v) is 7.93. The maximum absolute atomic E-state index is 10.8. The standard InChI is InChI=1S/C7H12N2O2S/c1-6-3-7(5-8-4-6)9-12(2,10)11/h3,5-6,9H,4H2,1-2H3. The molecule has 0 aromatic heterocycles. The van der Waals surface area contributed by atoms with Gasteiger partial charge in [-0.1, -0.05) is 13.0 Å². The highest BCUT2D eigenvalue weighted by atomic mass is 32.2. The minimum Gasteiger partial charge on any atom is -0.290 e. The summed E-state index contributed by atoms with van der Waals surface area (Å²) in [6, 6.07) is 0. The smallest absolute Gasteiger partial charge is 0.229 e. The topological polar surface area (TPSA) is 58.5 Å². The van der Waals surface area contributed by atoms with E-state index < -0.39 is 10.0 Å². The third kappa shape index (κ3) is 3.04. The first-order valence-corrected chi connectivity index (χ1v) is 5.56. The molecule has 0 aromatic rings. The molecule has 0 saturated heterocycles. The normalized spacial score (nSPS) is 23.5. The van der Waals surface area contributed by atoms with E-state index in [1.807, 2.05) is 13.0 Å². The van der Waals surface area contributed by atoms with Crippen LogP contribution >= 0.6 is 0 Å². The minimum absolute atomic E-state index is 0.305. The monoisotopic (exact) mass is 188 g/mol. The lowest BCUT2D eigenvalue weighted by Crippen LogP contribution is -2.24. The Morgan fingerprint density at radius 3 is 2.83 bits per heavy atom. The second-order valence-electron chi connectivity index (χ2n) is 2.97. The Hall–Kier alpha value is -0.840. The molecular formula is C7H12N2O2S. The molecule has 0 radical (unpaired) electrons. The van der Waals surface area contributed by atoms with Crippen LogP contribution in [-0.4, -0.2) is 27.4 Å². The predicted octanol–water partition coefficient (Wildman–Crippen LogP) is 0.140. The van der Waals surface area contributed by atoms with Gasteiger partial charge in [0.2, 0.25) is 10.0 Å². The Balaban J connectivity index is 2.71. The average Bonchev–Trinajstić information content (AvgIpc) is 1.82. The molecule has 1 heterocycles. The summed E-state index contributed by atoms with van der Waals surface area (Å²) in [5.41, 5.74) is 0.566. The zero-order chi connectivity index (χ0) is 9.19. The van der Waals surface area contributed by atoms with E-state index in [4.69, 9.17) is 0 Å². The van der Waals surface area contributed by atoms with Crippen molar-refractivity contribution in [2.24, 2.45) is 10.9 Å². The van der Waals surface area contributed by atoms with Crippen molar-refractivity contribution in [3.63, 3.8) is 0 Å². The average molecular weight is 188 g/mol. The van der Waals surface area contributed by atoms with Gasteiger partial charge in [0.1, 0.15) is 0 Å². The largest absolute Gasteiger partial charge is 0.290 e. The quantitative estimate of drug-likeness (QED) is 0.670. The molecule has 0 spiro atoms. The molecule has 1 aliphatic rings. The predicted molar refractivity (Wildman–Crippen MR) is 48.6 cm³/mol. The van der Waals surface area contributed by atoms with E-state index in [0.29, 0.717) is 11.6 Å². The van der Waals surface area contributed by atoms with Gasteiger partial charge in [-0.25, -0.2) is 8.42 Å². The molecule has 1 rings (SSSR count). The van der Waals surface area contributed by atoms with Gasteiger partial charge in [0.25, 0.3) is 0 Å². The van der Waals surface area contributed by atoms with Crippen LogP contribution in [0.4, 0.5) is 0 Å². The van der Waals surface area contributed by atoms with E-state index in [9.17, 15) is 8.42 Å². The molecule has 1 aliphatic heterocycles. The molecule has 0 bridgehead atoms. The van der Waals surface area contributed by atoms with Crippen molar-refractivity contribution in [1.82, 2.24) is 4.72 Å². The molecule has 68 valence electrons. The number of nitrogens with one attached hydrogen (secondary N) is 1. The molecule has 1 unspecified atom stereocenters. The van der Waals surface area contributed by atoms with Crippen LogP contribution in [0.1, 0.15) is 6.92 Å². The summed E-state index contributed by atoms with van der Waals surface area (Å²) in [6.45, 7) is 2.72. The number of nitrogens with zero attached hydrogens (tertiary/aromatic N) is 1. The second-order valence-corrected chi connectivity index (χ2v) is 4.72. The highest BCUT2D eigenvalue weighted by molar-refractivity contribution is 7.88. The van der Waals surface area contributed by atoms with E-state index in [0.717, 1.165) is 12.8 Å². The van der Waals surface area contributed by atoms with Gasteiger partial charge in [-0.15, -0.1) is 0 Å². The Morgan fingerprint density at radius 1 is 1.67 bits per heavy atom. The van der Waals surface area contributed by atoms with Crippen LogP contribution in [-0.2, 0) is 10.0 Å². The molecule has 0 fully saturated rings. The number of hydrogen-bond acceptors (Lipinski definition) is 3. The van der Waals surface area contributed by atoms with Crippen LogP contribution in [0.5, 0.6) is 0 Å². The third-order valence-corrected chi connectivity index (χ3v) is 2.00. The highest BCUT2D eigenvalue weighted by Gasteiger charge is 2.08. The number of hydrogen-bond donors (Lipinski definition) is 1. The lowest BCUT2D eigenvalue weighted by Gasteiger charge is -2.11. The van der Waals surface area contributed by atoms with Gasteiger partial charge < -0.3 is 0 Å². The molecule has 12 heavy (non-hydrogen) atoms. The van der Waals surface area contributed by atoms with Gasteiger partial charge in [0.15, 0.2) is 0 Å². The fourth-order valence-corrected chi connectivity index (χ4v) is 1.54. The Bertz CT molecular complexity index is 316. The Kier molecular flexibility index (Phi) is 2.52. The van der Waals surface area contributed by atoms with Crippen LogP contribution in [0.15, 0.2) is 16.8 Å². The van der Waals surface area contributed by atoms with Crippen LogP contribution < -0.4 is 4.72 Å². The molecule has 0 amide bonds. The first kappa shape index (κ1) is 9.25. The summed E-state index contributed by atoms with van der Waals surface area (Å²) < 4.78 is 24.0. The van der Waals surface area contributed by atoms with E-state index in [1.165, 1.54) is 0 Å². The first-order valence-electron chi connectivity index (χ1n) is 3.67. The number of rotatable bonds is 2. The van der Waals surface area contributed by atoms with Crippen molar-refractivity contribution < 1.29 is 8.42 Å². The van der Waals surface area contributed by atoms with Crippen molar-refractivity contribution in [2.45, 2.75) is 6.92 Å². The Labute approximate surface area is 72.4 Å². The summed E-state index contributed by atoms with van der Waals surface area (Å²) in [6.07, 6.45) is 4.52. The summed E-state index contributed by atoms with van der Waals surface area (Å²) in [5, 5.41) is 0. The van der Waals surface area contributed by atoms with E-state index >= 15 is 0 Å². The fourth-order valence-electron chi connectivity index (χ4n) is 0.994. The van der Waals surface area contributed by atoms with Crippen LogP contribution in [0.25, 0.3) is 0 Å². The summed E-state index contributed by atoms with van der Waals surface area (Å²) >= 11 is 0. The van der Waals surface area contributed by atoms with Crippen molar-refractivity contribution in [3.8, 4) is 0 Å². The van der Waals surface area contributed by atoms with Gasteiger partial charge in [0.05, 0.1) is 12.0 Å². The molecule has 1 atom stereocenters. The third-order valence-electron chi connectivity index (χ3n) is 1.39. The van der Waals surface area contributed by atoms with Crippen molar-refractivity contribution >= 4 is 16.2 Å². The van der Waals surface area contributed by atoms with Gasteiger partial charge in [-0.3, -0.25) is 9.71 Å².